The normalized spacial score (nSPS) is 14.9. The highest BCUT2D eigenvalue weighted by molar-refractivity contribution is 7.89. The van der Waals surface area contributed by atoms with E-state index in [-0.39, 0.29) is 12.1 Å². The summed E-state index contributed by atoms with van der Waals surface area (Å²) in [6.07, 6.45) is 5.48. The molecule has 3 N–H and O–H groups in total. The van der Waals surface area contributed by atoms with Crippen molar-refractivity contribution in [1.82, 2.24) is 4.72 Å². The van der Waals surface area contributed by atoms with E-state index in [2.05, 4.69) is 11.6 Å². The molecule has 2 unspecified atom stereocenters. The fourth-order valence-electron chi connectivity index (χ4n) is 2.22. The Morgan fingerprint density at radius 2 is 1.71 bits per heavy atom. The lowest BCUT2D eigenvalue weighted by atomic mass is 10.1. The molecule has 21 heavy (non-hydrogen) atoms. The molecule has 0 heterocycles. The molecule has 4 nitrogen and oxygen atoms in total. The number of nitrogens with two attached hydrogens (primary N) is 1. The summed E-state index contributed by atoms with van der Waals surface area (Å²) in [5, 5.41) is 0. The van der Waals surface area contributed by atoms with Gasteiger partial charge in [-0.3, -0.25) is 0 Å². The SMILES string of the molecule is CCCCCCC(C)NS(=O)(=O)c1ccc(C(C)N)cc1. The lowest BCUT2D eigenvalue weighted by Crippen LogP contribution is -2.32. The molecule has 1 rings (SSSR count). The molecule has 1 aromatic carbocycles. The van der Waals surface area contributed by atoms with Crippen molar-refractivity contribution < 1.29 is 8.42 Å². The van der Waals surface area contributed by atoms with Crippen molar-refractivity contribution >= 4 is 10.0 Å². The van der Waals surface area contributed by atoms with Crippen molar-refractivity contribution in [1.29, 1.82) is 0 Å². The van der Waals surface area contributed by atoms with E-state index in [9.17, 15) is 8.42 Å². The molecule has 0 amide bonds. The Kier molecular flexibility index (Phi) is 7.35. The Morgan fingerprint density at radius 1 is 1.10 bits per heavy atom. The largest absolute Gasteiger partial charge is 0.324 e. The molecule has 1 aromatic rings. The first-order chi connectivity index (χ1) is 9.86. The monoisotopic (exact) mass is 312 g/mol. The molecule has 0 saturated heterocycles. The second-order valence-electron chi connectivity index (χ2n) is 5.73. The van der Waals surface area contributed by atoms with Gasteiger partial charge >= 0.3 is 0 Å². The van der Waals surface area contributed by atoms with Gasteiger partial charge in [0.1, 0.15) is 0 Å². The Balaban J connectivity index is 2.60. The maximum atomic E-state index is 12.3. The number of nitrogens with one attached hydrogen (secondary N) is 1. The van der Waals surface area contributed by atoms with Crippen LogP contribution in [-0.2, 0) is 10.0 Å². The van der Waals surface area contributed by atoms with Gasteiger partial charge in [0.05, 0.1) is 4.90 Å². The smallest absolute Gasteiger partial charge is 0.240 e. The predicted octanol–water partition coefficient (Wildman–Crippen LogP) is 3.34. The van der Waals surface area contributed by atoms with Gasteiger partial charge in [0.25, 0.3) is 0 Å². The van der Waals surface area contributed by atoms with Crippen LogP contribution < -0.4 is 10.5 Å². The molecule has 5 heteroatoms. The molecule has 0 fully saturated rings. The highest BCUT2D eigenvalue weighted by atomic mass is 32.2. The summed E-state index contributed by atoms with van der Waals surface area (Å²) in [6, 6.07) is 6.64. The van der Waals surface area contributed by atoms with Crippen LogP contribution in [0.1, 0.15) is 64.5 Å². The van der Waals surface area contributed by atoms with Crippen LogP contribution in [-0.4, -0.2) is 14.5 Å². The molecule has 0 spiro atoms. The molecular weight excluding hydrogens is 284 g/mol. The van der Waals surface area contributed by atoms with E-state index in [1.807, 2.05) is 13.8 Å². The molecule has 0 bridgehead atoms. The lowest BCUT2D eigenvalue weighted by Gasteiger charge is -2.14. The third-order valence-electron chi connectivity index (χ3n) is 3.56. The Morgan fingerprint density at radius 3 is 2.24 bits per heavy atom. The Hall–Kier alpha value is -0.910. The molecule has 0 aliphatic heterocycles. The molecule has 2 atom stereocenters. The molecule has 0 aliphatic rings. The number of benzene rings is 1. The average Bonchev–Trinajstić information content (AvgIpc) is 2.43. The minimum absolute atomic E-state index is 0.0417. The molecule has 0 aliphatic carbocycles. The van der Waals surface area contributed by atoms with E-state index in [0.29, 0.717) is 4.90 Å². The molecule has 0 radical (unpaired) electrons. The average molecular weight is 312 g/mol. The zero-order valence-electron chi connectivity index (χ0n) is 13.3. The van der Waals surface area contributed by atoms with Crippen molar-refractivity contribution in [2.24, 2.45) is 5.73 Å². The summed E-state index contributed by atoms with van der Waals surface area (Å²) < 4.78 is 27.3. The van der Waals surface area contributed by atoms with Gasteiger partial charge in [0, 0.05) is 12.1 Å². The summed E-state index contributed by atoms with van der Waals surface area (Å²) >= 11 is 0. The number of hydrogen-bond acceptors (Lipinski definition) is 3. The van der Waals surface area contributed by atoms with Gasteiger partial charge in [0.15, 0.2) is 0 Å². The standard InChI is InChI=1S/C16H28N2O2S/c1-4-5-6-7-8-13(2)18-21(19,20)16-11-9-15(10-12-16)14(3)17/h9-14,18H,4-8,17H2,1-3H3. The summed E-state index contributed by atoms with van der Waals surface area (Å²) in [5.74, 6) is 0. The van der Waals surface area contributed by atoms with Crippen LogP contribution in [0, 0.1) is 0 Å². The second-order valence-corrected chi connectivity index (χ2v) is 7.44. The topological polar surface area (TPSA) is 72.2 Å². The summed E-state index contributed by atoms with van der Waals surface area (Å²) in [5.41, 5.74) is 6.70. The van der Waals surface area contributed by atoms with Gasteiger partial charge in [-0.05, 0) is 38.0 Å². The summed E-state index contributed by atoms with van der Waals surface area (Å²) in [7, 11) is -3.44. The minimum Gasteiger partial charge on any atom is -0.324 e. The third kappa shape index (κ3) is 6.16. The van der Waals surface area contributed by atoms with Crippen LogP contribution in [0.3, 0.4) is 0 Å². The van der Waals surface area contributed by atoms with Crippen LogP contribution in [0.5, 0.6) is 0 Å². The summed E-state index contributed by atoms with van der Waals surface area (Å²) in [4.78, 5) is 0.298. The van der Waals surface area contributed by atoms with E-state index in [1.54, 1.807) is 24.3 Å². The quantitative estimate of drug-likeness (QED) is 0.687. The zero-order chi connectivity index (χ0) is 15.9. The van der Waals surface area contributed by atoms with Crippen molar-refractivity contribution in [3.63, 3.8) is 0 Å². The van der Waals surface area contributed by atoms with Gasteiger partial charge in [-0.1, -0.05) is 44.7 Å². The van der Waals surface area contributed by atoms with Crippen molar-refractivity contribution in [3.8, 4) is 0 Å². The van der Waals surface area contributed by atoms with E-state index in [4.69, 9.17) is 5.73 Å². The van der Waals surface area contributed by atoms with Gasteiger partial charge in [-0.2, -0.15) is 0 Å². The third-order valence-corrected chi connectivity index (χ3v) is 5.17. The zero-order valence-corrected chi connectivity index (χ0v) is 14.1. The first-order valence-electron chi connectivity index (χ1n) is 7.74. The van der Waals surface area contributed by atoms with E-state index in [0.717, 1.165) is 24.8 Å². The molecule has 0 saturated carbocycles. The number of rotatable bonds is 9. The van der Waals surface area contributed by atoms with Crippen LogP contribution in [0.2, 0.25) is 0 Å². The first-order valence-corrected chi connectivity index (χ1v) is 9.23. The molecular formula is C16H28N2O2S. The molecule has 0 aromatic heterocycles. The molecule has 120 valence electrons. The van der Waals surface area contributed by atoms with Crippen molar-refractivity contribution in [2.45, 2.75) is 69.9 Å². The van der Waals surface area contributed by atoms with Crippen molar-refractivity contribution in [3.05, 3.63) is 29.8 Å². The fourth-order valence-corrected chi connectivity index (χ4v) is 3.50. The van der Waals surface area contributed by atoms with Gasteiger partial charge < -0.3 is 5.73 Å². The number of hydrogen-bond donors (Lipinski definition) is 2. The van der Waals surface area contributed by atoms with E-state index < -0.39 is 10.0 Å². The predicted molar refractivity (Wildman–Crippen MR) is 87.6 cm³/mol. The highest BCUT2D eigenvalue weighted by Crippen LogP contribution is 2.15. The van der Waals surface area contributed by atoms with E-state index >= 15 is 0 Å². The van der Waals surface area contributed by atoms with Crippen LogP contribution in [0.15, 0.2) is 29.2 Å². The number of unbranched alkanes of at least 4 members (excludes halogenated alkanes) is 3. The Bertz CT molecular complexity index is 510. The van der Waals surface area contributed by atoms with Crippen molar-refractivity contribution in [2.75, 3.05) is 0 Å². The van der Waals surface area contributed by atoms with Crippen LogP contribution in [0.25, 0.3) is 0 Å². The number of sulfonamides is 1. The van der Waals surface area contributed by atoms with Gasteiger partial charge in [-0.15, -0.1) is 0 Å². The lowest BCUT2D eigenvalue weighted by molar-refractivity contribution is 0.522. The van der Waals surface area contributed by atoms with Crippen LogP contribution in [0.4, 0.5) is 0 Å². The van der Waals surface area contributed by atoms with Crippen LogP contribution >= 0.6 is 0 Å². The first kappa shape index (κ1) is 18.1. The summed E-state index contributed by atoms with van der Waals surface area (Å²) in [6.45, 7) is 5.96. The maximum Gasteiger partial charge on any atom is 0.240 e. The minimum atomic E-state index is -3.44. The Labute approximate surface area is 129 Å². The highest BCUT2D eigenvalue weighted by Gasteiger charge is 2.17. The van der Waals surface area contributed by atoms with E-state index in [1.165, 1.54) is 12.8 Å². The van der Waals surface area contributed by atoms with Gasteiger partial charge in [0.2, 0.25) is 10.0 Å². The second kappa shape index (κ2) is 8.51. The maximum absolute atomic E-state index is 12.3. The van der Waals surface area contributed by atoms with Gasteiger partial charge in [-0.25, -0.2) is 13.1 Å². The fraction of sp³-hybridized carbons (Fsp3) is 0.625.